The quantitative estimate of drug-likeness (QED) is 0.685. The van der Waals surface area contributed by atoms with Crippen molar-refractivity contribution < 1.29 is 9.90 Å². The Morgan fingerprint density at radius 2 is 1.88 bits per heavy atom. The topological polar surface area (TPSA) is 96.6 Å². The first kappa shape index (κ1) is 18.0. The zero-order valence-electron chi connectivity index (χ0n) is 13.9. The van der Waals surface area contributed by atoms with Crippen LogP contribution in [0.2, 0.25) is 5.02 Å². The Kier molecular flexibility index (Phi) is 5.60. The highest BCUT2D eigenvalue weighted by Crippen LogP contribution is 2.09. The molecule has 2 N–H and O–H groups in total. The smallest absolute Gasteiger partial charge is 0.271 e. The van der Waals surface area contributed by atoms with E-state index in [1.807, 2.05) is 0 Å². The lowest BCUT2D eigenvalue weighted by molar-refractivity contribution is 0.0949. The van der Waals surface area contributed by atoms with Crippen LogP contribution in [0.3, 0.4) is 0 Å². The Labute approximate surface area is 154 Å². The van der Waals surface area contributed by atoms with E-state index in [4.69, 9.17) is 16.7 Å². The van der Waals surface area contributed by atoms with Gasteiger partial charge in [-0.25, -0.2) is 9.97 Å². The van der Waals surface area contributed by atoms with E-state index in [1.54, 1.807) is 36.7 Å². The van der Waals surface area contributed by atoms with Crippen molar-refractivity contribution in [2.24, 2.45) is 0 Å². The standard InChI is InChI=1S/C18H17ClN4O3/c19-14-5-3-12(4-6-14)8-20-16(25)15-10-22-18-21-9-13(2-1-7-24)11-23(18)17(15)26/h3-6,9-11,24H,1-2,7-8H2,(H,20,25). The fourth-order valence-corrected chi connectivity index (χ4v) is 2.59. The molecular weight excluding hydrogens is 356 g/mol. The van der Waals surface area contributed by atoms with Gasteiger partial charge in [0.15, 0.2) is 0 Å². The van der Waals surface area contributed by atoms with Crippen molar-refractivity contribution in [3.8, 4) is 0 Å². The number of nitrogens with zero attached hydrogens (tertiary/aromatic N) is 3. The minimum absolute atomic E-state index is 0.0539. The summed E-state index contributed by atoms with van der Waals surface area (Å²) in [7, 11) is 0. The molecule has 1 aromatic carbocycles. The van der Waals surface area contributed by atoms with Crippen molar-refractivity contribution in [1.82, 2.24) is 19.7 Å². The lowest BCUT2D eigenvalue weighted by Crippen LogP contribution is -2.31. The summed E-state index contributed by atoms with van der Waals surface area (Å²) in [5.41, 5.74) is 1.11. The van der Waals surface area contributed by atoms with Gasteiger partial charge < -0.3 is 10.4 Å². The first-order valence-corrected chi connectivity index (χ1v) is 8.46. The SMILES string of the molecule is O=C(NCc1ccc(Cl)cc1)c1cnc2ncc(CCCO)cn2c1=O. The largest absolute Gasteiger partial charge is 0.396 e. The van der Waals surface area contributed by atoms with Gasteiger partial charge in [-0.3, -0.25) is 14.0 Å². The molecule has 3 aromatic rings. The molecule has 0 radical (unpaired) electrons. The molecule has 0 aliphatic carbocycles. The molecule has 1 amide bonds. The average molecular weight is 373 g/mol. The highest BCUT2D eigenvalue weighted by Gasteiger charge is 2.14. The summed E-state index contributed by atoms with van der Waals surface area (Å²) >= 11 is 5.83. The second-order valence-electron chi connectivity index (χ2n) is 5.75. The third kappa shape index (κ3) is 4.07. The van der Waals surface area contributed by atoms with E-state index >= 15 is 0 Å². The van der Waals surface area contributed by atoms with Gasteiger partial charge in [0.2, 0.25) is 5.78 Å². The number of fused-ring (bicyclic) bond motifs is 1. The molecule has 0 unspecified atom stereocenters. The van der Waals surface area contributed by atoms with Crippen LogP contribution in [-0.4, -0.2) is 32.0 Å². The molecular formula is C18H17ClN4O3. The number of halogens is 1. The molecule has 0 spiro atoms. The molecule has 8 heteroatoms. The summed E-state index contributed by atoms with van der Waals surface area (Å²) in [5.74, 6) is -0.287. The van der Waals surface area contributed by atoms with Crippen molar-refractivity contribution >= 4 is 23.3 Å². The summed E-state index contributed by atoms with van der Waals surface area (Å²) in [5, 5.41) is 12.2. The molecule has 0 aliphatic heterocycles. The van der Waals surface area contributed by atoms with Crippen molar-refractivity contribution in [2.45, 2.75) is 19.4 Å². The van der Waals surface area contributed by atoms with Gasteiger partial charge in [-0.05, 0) is 36.1 Å². The zero-order chi connectivity index (χ0) is 18.5. The highest BCUT2D eigenvalue weighted by atomic mass is 35.5. The van der Waals surface area contributed by atoms with Gasteiger partial charge in [0, 0.05) is 36.8 Å². The number of carbonyl (C=O) groups is 1. The Morgan fingerprint density at radius 3 is 2.62 bits per heavy atom. The van der Waals surface area contributed by atoms with Gasteiger partial charge in [0.05, 0.1) is 0 Å². The predicted molar refractivity (Wildman–Crippen MR) is 97.3 cm³/mol. The molecule has 26 heavy (non-hydrogen) atoms. The van der Waals surface area contributed by atoms with Gasteiger partial charge in [0.1, 0.15) is 5.56 Å². The first-order valence-electron chi connectivity index (χ1n) is 8.08. The van der Waals surface area contributed by atoms with E-state index in [-0.39, 0.29) is 24.5 Å². The van der Waals surface area contributed by atoms with Crippen LogP contribution in [0.5, 0.6) is 0 Å². The predicted octanol–water partition coefficient (Wildman–Crippen LogP) is 1.60. The van der Waals surface area contributed by atoms with E-state index in [2.05, 4.69) is 15.3 Å². The van der Waals surface area contributed by atoms with E-state index in [0.29, 0.717) is 17.9 Å². The zero-order valence-corrected chi connectivity index (χ0v) is 14.6. The monoisotopic (exact) mass is 372 g/mol. The van der Waals surface area contributed by atoms with Gasteiger partial charge in [-0.15, -0.1) is 0 Å². The molecule has 0 bridgehead atoms. The Hall–Kier alpha value is -2.77. The number of rotatable bonds is 6. The van der Waals surface area contributed by atoms with Crippen LogP contribution in [0.1, 0.15) is 27.9 Å². The third-order valence-corrected chi connectivity index (χ3v) is 4.10. The number of aryl methyl sites for hydroxylation is 1. The van der Waals surface area contributed by atoms with E-state index in [1.165, 1.54) is 10.6 Å². The second kappa shape index (κ2) is 8.07. The number of aromatic nitrogens is 3. The molecule has 0 atom stereocenters. The normalized spacial score (nSPS) is 10.8. The van der Waals surface area contributed by atoms with Gasteiger partial charge >= 0.3 is 0 Å². The highest BCUT2D eigenvalue weighted by molar-refractivity contribution is 6.30. The van der Waals surface area contributed by atoms with Crippen molar-refractivity contribution in [1.29, 1.82) is 0 Å². The summed E-state index contributed by atoms with van der Waals surface area (Å²) in [6.07, 6.45) is 5.59. The molecule has 0 aliphatic rings. The maximum absolute atomic E-state index is 12.6. The Morgan fingerprint density at radius 1 is 1.15 bits per heavy atom. The van der Waals surface area contributed by atoms with E-state index in [0.717, 1.165) is 11.1 Å². The van der Waals surface area contributed by atoms with E-state index < -0.39 is 11.5 Å². The molecule has 134 valence electrons. The van der Waals surface area contributed by atoms with Gasteiger partial charge in [-0.2, -0.15) is 0 Å². The van der Waals surface area contributed by atoms with Crippen LogP contribution in [0.4, 0.5) is 0 Å². The molecule has 0 saturated carbocycles. The Balaban J connectivity index is 1.82. The van der Waals surface area contributed by atoms with Gasteiger partial charge in [-0.1, -0.05) is 23.7 Å². The molecule has 2 aromatic heterocycles. The van der Waals surface area contributed by atoms with Crippen molar-refractivity contribution in [2.75, 3.05) is 6.61 Å². The number of aliphatic hydroxyl groups is 1. The van der Waals surface area contributed by atoms with Crippen molar-refractivity contribution in [3.05, 3.63) is 74.9 Å². The van der Waals surface area contributed by atoms with Crippen LogP contribution < -0.4 is 10.9 Å². The van der Waals surface area contributed by atoms with E-state index in [9.17, 15) is 9.59 Å². The summed E-state index contributed by atoms with van der Waals surface area (Å²) in [6.45, 7) is 0.325. The third-order valence-electron chi connectivity index (χ3n) is 3.85. The van der Waals surface area contributed by atoms with Crippen LogP contribution in [0, 0.1) is 0 Å². The van der Waals surface area contributed by atoms with Crippen LogP contribution in [0.15, 0.2) is 47.7 Å². The summed E-state index contributed by atoms with van der Waals surface area (Å²) in [4.78, 5) is 33.2. The number of aliphatic hydroxyl groups excluding tert-OH is 1. The van der Waals surface area contributed by atoms with Crippen molar-refractivity contribution in [3.63, 3.8) is 0 Å². The second-order valence-corrected chi connectivity index (χ2v) is 6.18. The molecule has 3 rings (SSSR count). The maximum atomic E-state index is 12.6. The molecule has 0 saturated heterocycles. The lowest BCUT2D eigenvalue weighted by Gasteiger charge is -2.07. The minimum Gasteiger partial charge on any atom is -0.396 e. The number of nitrogens with one attached hydrogen (secondary N) is 1. The number of benzene rings is 1. The number of hydrogen-bond donors (Lipinski definition) is 2. The lowest BCUT2D eigenvalue weighted by atomic mass is 10.2. The molecule has 7 nitrogen and oxygen atoms in total. The van der Waals surface area contributed by atoms with Crippen LogP contribution in [-0.2, 0) is 13.0 Å². The fourth-order valence-electron chi connectivity index (χ4n) is 2.46. The number of hydrogen-bond acceptors (Lipinski definition) is 5. The summed E-state index contributed by atoms with van der Waals surface area (Å²) in [6, 6.07) is 7.06. The average Bonchev–Trinajstić information content (AvgIpc) is 2.66. The van der Waals surface area contributed by atoms with Gasteiger partial charge in [0.25, 0.3) is 11.5 Å². The Bertz CT molecular complexity index is 986. The van der Waals surface area contributed by atoms with Crippen LogP contribution >= 0.6 is 11.6 Å². The minimum atomic E-state index is -0.507. The first-order chi connectivity index (χ1) is 12.6. The molecule has 2 heterocycles. The maximum Gasteiger partial charge on any atom is 0.271 e. The molecule has 0 fully saturated rings. The summed E-state index contributed by atoms with van der Waals surface area (Å²) < 4.78 is 1.25. The fraction of sp³-hybridized carbons (Fsp3) is 0.222. The van der Waals surface area contributed by atoms with Crippen LogP contribution in [0.25, 0.3) is 5.78 Å². The number of carbonyl (C=O) groups excluding carboxylic acids is 1. The number of amides is 1.